The highest BCUT2D eigenvalue weighted by Gasteiger charge is 2.04. The zero-order valence-corrected chi connectivity index (χ0v) is 10.8. The van der Waals surface area contributed by atoms with Crippen LogP contribution in [0.25, 0.3) is 0 Å². The van der Waals surface area contributed by atoms with Gasteiger partial charge in [-0.05, 0) is 36.8 Å². The van der Waals surface area contributed by atoms with Gasteiger partial charge in [-0.2, -0.15) is 0 Å². The SMILES string of the molecule is Cc1cc(Nc2ccc(Br)cc2F)ncc1N. The molecular formula is C12H11BrFN3. The number of hydrogen-bond donors (Lipinski definition) is 2. The maximum absolute atomic E-state index is 13.6. The number of aryl methyl sites for hydroxylation is 1. The van der Waals surface area contributed by atoms with Gasteiger partial charge in [-0.25, -0.2) is 9.37 Å². The normalized spacial score (nSPS) is 10.3. The van der Waals surface area contributed by atoms with Gasteiger partial charge in [-0.3, -0.25) is 0 Å². The van der Waals surface area contributed by atoms with Gasteiger partial charge in [0.05, 0.1) is 17.6 Å². The molecule has 0 radical (unpaired) electrons. The topological polar surface area (TPSA) is 50.9 Å². The number of nitrogens with one attached hydrogen (secondary N) is 1. The van der Waals surface area contributed by atoms with Crippen molar-refractivity contribution < 1.29 is 4.39 Å². The van der Waals surface area contributed by atoms with Crippen LogP contribution >= 0.6 is 15.9 Å². The highest BCUT2D eigenvalue weighted by molar-refractivity contribution is 9.10. The Hall–Kier alpha value is -1.62. The molecule has 5 heteroatoms. The van der Waals surface area contributed by atoms with Crippen molar-refractivity contribution in [3.8, 4) is 0 Å². The lowest BCUT2D eigenvalue weighted by Gasteiger charge is -2.08. The summed E-state index contributed by atoms with van der Waals surface area (Å²) in [6.45, 7) is 1.88. The predicted octanol–water partition coefficient (Wildman–Crippen LogP) is 3.62. The molecule has 17 heavy (non-hydrogen) atoms. The Morgan fingerprint density at radius 2 is 2.12 bits per heavy atom. The molecule has 0 unspecified atom stereocenters. The average Bonchev–Trinajstić information content (AvgIpc) is 2.27. The second-order valence-electron chi connectivity index (χ2n) is 3.68. The Bertz CT molecular complexity index is 557. The number of rotatable bonds is 2. The van der Waals surface area contributed by atoms with Crippen molar-refractivity contribution in [2.75, 3.05) is 11.1 Å². The van der Waals surface area contributed by atoms with Gasteiger partial charge in [0, 0.05) is 4.47 Å². The third-order valence-corrected chi connectivity index (χ3v) is 2.84. The molecule has 0 spiro atoms. The van der Waals surface area contributed by atoms with E-state index in [1.54, 1.807) is 24.4 Å². The van der Waals surface area contributed by atoms with Gasteiger partial charge in [-0.1, -0.05) is 15.9 Å². The Kier molecular flexibility index (Phi) is 3.28. The van der Waals surface area contributed by atoms with Crippen LogP contribution in [0.1, 0.15) is 5.56 Å². The van der Waals surface area contributed by atoms with Gasteiger partial charge < -0.3 is 11.1 Å². The molecule has 3 N–H and O–H groups in total. The number of nitrogen functional groups attached to an aromatic ring is 1. The molecule has 2 rings (SSSR count). The standard InChI is InChI=1S/C12H11BrFN3/c1-7-4-12(16-6-10(7)15)17-11-3-2-8(13)5-9(11)14/h2-6H,15H2,1H3,(H,16,17). The summed E-state index contributed by atoms with van der Waals surface area (Å²) in [4.78, 5) is 4.08. The van der Waals surface area contributed by atoms with Gasteiger partial charge in [0.15, 0.2) is 0 Å². The third kappa shape index (κ3) is 2.74. The van der Waals surface area contributed by atoms with Crippen molar-refractivity contribution in [1.29, 1.82) is 0 Å². The molecule has 1 heterocycles. The molecule has 2 aromatic rings. The van der Waals surface area contributed by atoms with E-state index in [-0.39, 0.29) is 5.82 Å². The van der Waals surface area contributed by atoms with E-state index in [1.165, 1.54) is 6.07 Å². The van der Waals surface area contributed by atoms with Crippen molar-refractivity contribution in [2.24, 2.45) is 0 Å². The van der Waals surface area contributed by atoms with Gasteiger partial charge >= 0.3 is 0 Å². The van der Waals surface area contributed by atoms with Gasteiger partial charge in [0.2, 0.25) is 0 Å². The number of aromatic nitrogens is 1. The lowest BCUT2D eigenvalue weighted by atomic mass is 10.2. The number of pyridine rings is 1. The van der Waals surface area contributed by atoms with Crippen LogP contribution < -0.4 is 11.1 Å². The number of nitrogens with zero attached hydrogens (tertiary/aromatic N) is 1. The van der Waals surface area contributed by atoms with E-state index in [2.05, 4.69) is 26.2 Å². The van der Waals surface area contributed by atoms with Crippen LogP contribution in [0.2, 0.25) is 0 Å². The van der Waals surface area contributed by atoms with Crippen molar-refractivity contribution >= 4 is 33.1 Å². The summed E-state index contributed by atoms with van der Waals surface area (Å²) in [6, 6.07) is 6.58. The van der Waals surface area contributed by atoms with Crippen LogP contribution in [0.15, 0.2) is 34.9 Å². The molecule has 0 aliphatic rings. The smallest absolute Gasteiger partial charge is 0.147 e. The predicted molar refractivity (Wildman–Crippen MR) is 70.8 cm³/mol. The first-order valence-electron chi connectivity index (χ1n) is 5.00. The zero-order valence-electron chi connectivity index (χ0n) is 9.17. The van der Waals surface area contributed by atoms with Crippen LogP contribution in [-0.4, -0.2) is 4.98 Å². The monoisotopic (exact) mass is 295 g/mol. The molecule has 0 atom stereocenters. The number of halogens is 2. The Morgan fingerprint density at radius 3 is 2.76 bits per heavy atom. The molecule has 0 amide bonds. The van der Waals surface area contributed by atoms with Crippen molar-refractivity contribution in [1.82, 2.24) is 4.98 Å². The van der Waals surface area contributed by atoms with E-state index < -0.39 is 0 Å². The molecule has 0 saturated heterocycles. The fraction of sp³-hybridized carbons (Fsp3) is 0.0833. The molecule has 3 nitrogen and oxygen atoms in total. The fourth-order valence-electron chi connectivity index (χ4n) is 1.36. The van der Waals surface area contributed by atoms with E-state index in [0.29, 0.717) is 21.7 Å². The number of anilines is 3. The minimum absolute atomic E-state index is 0.337. The molecule has 0 aliphatic carbocycles. The largest absolute Gasteiger partial charge is 0.397 e. The van der Waals surface area contributed by atoms with Crippen molar-refractivity contribution in [3.05, 3.63) is 46.3 Å². The zero-order chi connectivity index (χ0) is 12.4. The van der Waals surface area contributed by atoms with E-state index in [4.69, 9.17) is 5.73 Å². The van der Waals surface area contributed by atoms with E-state index >= 15 is 0 Å². The summed E-state index contributed by atoms with van der Waals surface area (Å²) in [5, 5.41) is 2.90. The summed E-state index contributed by atoms with van der Waals surface area (Å²) < 4.78 is 14.3. The molecule has 0 fully saturated rings. The Balaban J connectivity index is 2.28. The second kappa shape index (κ2) is 4.71. The summed E-state index contributed by atoms with van der Waals surface area (Å²) in [6.07, 6.45) is 1.55. The van der Waals surface area contributed by atoms with Crippen LogP contribution in [0, 0.1) is 12.7 Å². The first kappa shape index (κ1) is 11.9. The molecule has 0 saturated carbocycles. The molecular weight excluding hydrogens is 285 g/mol. The molecule has 88 valence electrons. The van der Waals surface area contributed by atoms with E-state index in [1.807, 2.05) is 6.92 Å². The highest BCUT2D eigenvalue weighted by Crippen LogP contribution is 2.23. The third-order valence-electron chi connectivity index (χ3n) is 2.35. The van der Waals surface area contributed by atoms with Crippen molar-refractivity contribution in [3.63, 3.8) is 0 Å². The Morgan fingerprint density at radius 1 is 1.35 bits per heavy atom. The van der Waals surface area contributed by atoms with Gasteiger partial charge in [0.1, 0.15) is 11.6 Å². The van der Waals surface area contributed by atoms with Crippen LogP contribution in [0.3, 0.4) is 0 Å². The first-order chi connectivity index (χ1) is 8.06. The molecule has 0 bridgehead atoms. The minimum Gasteiger partial charge on any atom is -0.397 e. The maximum Gasteiger partial charge on any atom is 0.147 e. The lowest BCUT2D eigenvalue weighted by molar-refractivity contribution is 0.631. The molecule has 0 aliphatic heterocycles. The maximum atomic E-state index is 13.6. The van der Waals surface area contributed by atoms with Gasteiger partial charge in [0.25, 0.3) is 0 Å². The lowest BCUT2D eigenvalue weighted by Crippen LogP contribution is -1.98. The Labute approximate surface area is 107 Å². The van der Waals surface area contributed by atoms with E-state index in [0.717, 1.165) is 5.56 Å². The number of nitrogens with two attached hydrogens (primary N) is 1. The van der Waals surface area contributed by atoms with Gasteiger partial charge in [-0.15, -0.1) is 0 Å². The molecule has 1 aromatic carbocycles. The number of hydrogen-bond acceptors (Lipinski definition) is 3. The summed E-state index contributed by atoms with van der Waals surface area (Å²) >= 11 is 3.20. The average molecular weight is 296 g/mol. The number of benzene rings is 1. The highest BCUT2D eigenvalue weighted by atomic mass is 79.9. The quantitative estimate of drug-likeness (QED) is 0.890. The summed E-state index contributed by atoms with van der Waals surface area (Å²) in [5.74, 6) is 0.230. The van der Waals surface area contributed by atoms with Crippen molar-refractivity contribution in [2.45, 2.75) is 6.92 Å². The van der Waals surface area contributed by atoms with Crippen LogP contribution in [-0.2, 0) is 0 Å². The second-order valence-corrected chi connectivity index (χ2v) is 4.59. The van der Waals surface area contributed by atoms with E-state index in [9.17, 15) is 4.39 Å². The minimum atomic E-state index is -0.337. The fourth-order valence-corrected chi connectivity index (χ4v) is 1.70. The van der Waals surface area contributed by atoms with Crippen LogP contribution in [0.5, 0.6) is 0 Å². The van der Waals surface area contributed by atoms with Crippen LogP contribution in [0.4, 0.5) is 21.6 Å². The summed E-state index contributed by atoms with van der Waals surface area (Å²) in [7, 11) is 0. The first-order valence-corrected chi connectivity index (χ1v) is 5.80. The molecule has 1 aromatic heterocycles. The summed E-state index contributed by atoms with van der Waals surface area (Å²) in [5.41, 5.74) is 7.56.